The summed E-state index contributed by atoms with van der Waals surface area (Å²) in [7, 11) is 0. The summed E-state index contributed by atoms with van der Waals surface area (Å²) in [4.78, 5) is 6.77. The van der Waals surface area contributed by atoms with Crippen molar-refractivity contribution in [3.05, 3.63) is 30.0 Å². The maximum atomic E-state index is 10.4. The molecule has 1 aromatic rings. The van der Waals surface area contributed by atoms with Gasteiger partial charge < -0.3 is 26.1 Å². The number of nitrogens with one attached hydrogen (secondary N) is 2. The van der Waals surface area contributed by atoms with Crippen LogP contribution in [0.3, 0.4) is 0 Å². The summed E-state index contributed by atoms with van der Waals surface area (Å²) < 4.78 is 0. The third-order valence-electron chi connectivity index (χ3n) is 5.07. The summed E-state index contributed by atoms with van der Waals surface area (Å²) in [5, 5.41) is 15.9. The van der Waals surface area contributed by atoms with Gasteiger partial charge >= 0.3 is 0 Å². The number of amidine groups is 1. The van der Waals surface area contributed by atoms with Crippen LogP contribution < -0.4 is 21.5 Å². The lowest BCUT2D eigenvalue weighted by molar-refractivity contribution is 0.252. The van der Waals surface area contributed by atoms with Gasteiger partial charge in [0.15, 0.2) is 0 Å². The first-order chi connectivity index (χ1) is 12.2. The third-order valence-corrected chi connectivity index (χ3v) is 5.07. The number of aliphatic imine (C=N–C) groups is 1. The maximum Gasteiger partial charge on any atom is 0.125 e. The number of hydrogen-bond donors (Lipinski definition) is 4. The van der Waals surface area contributed by atoms with Gasteiger partial charge in [0.25, 0.3) is 0 Å². The van der Waals surface area contributed by atoms with Crippen molar-refractivity contribution in [2.24, 2.45) is 10.7 Å². The molecule has 7 nitrogen and oxygen atoms in total. The zero-order chi connectivity index (χ0) is 17.2. The third kappa shape index (κ3) is 3.43. The summed E-state index contributed by atoms with van der Waals surface area (Å²) >= 11 is 0. The molecule has 0 aliphatic carbocycles. The fraction of sp³-hybridized carbons (Fsp3) is 0.500. The summed E-state index contributed by atoms with van der Waals surface area (Å²) in [5.41, 5.74) is 11.9. The zero-order valence-electron chi connectivity index (χ0n) is 14.4. The van der Waals surface area contributed by atoms with E-state index in [9.17, 15) is 5.11 Å². The van der Waals surface area contributed by atoms with Crippen LogP contribution in [0.2, 0.25) is 0 Å². The minimum absolute atomic E-state index is 0.231. The number of anilines is 1. The number of piperidine rings is 1. The molecule has 0 spiro atoms. The summed E-state index contributed by atoms with van der Waals surface area (Å²) in [6.45, 7) is 4.63. The highest BCUT2D eigenvalue weighted by Gasteiger charge is 2.24. The summed E-state index contributed by atoms with van der Waals surface area (Å²) in [6, 6.07) is 6.07. The van der Waals surface area contributed by atoms with Crippen molar-refractivity contribution in [3.63, 3.8) is 0 Å². The highest BCUT2D eigenvalue weighted by Crippen LogP contribution is 2.32. The number of nitrogens with two attached hydrogens (primary N) is 1. The topological polar surface area (TPSA) is 89.1 Å². The number of benzene rings is 1. The molecule has 1 atom stereocenters. The molecule has 7 heteroatoms. The van der Waals surface area contributed by atoms with Crippen molar-refractivity contribution in [2.45, 2.75) is 25.3 Å². The van der Waals surface area contributed by atoms with E-state index in [1.807, 2.05) is 18.3 Å². The van der Waals surface area contributed by atoms with Gasteiger partial charge in [-0.3, -0.25) is 0 Å². The molecule has 3 aliphatic heterocycles. The number of phenolic OH excluding ortho intramolecular Hbond substituents is 1. The van der Waals surface area contributed by atoms with Gasteiger partial charge in [-0.1, -0.05) is 0 Å². The van der Waals surface area contributed by atoms with Crippen LogP contribution in [0.1, 0.15) is 24.8 Å². The number of phenols is 1. The van der Waals surface area contributed by atoms with E-state index in [2.05, 4.69) is 25.6 Å². The van der Waals surface area contributed by atoms with Gasteiger partial charge in [0.2, 0.25) is 0 Å². The van der Waals surface area contributed by atoms with Gasteiger partial charge in [0.05, 0.1) is 17.9 Å². The molecule has 134 valence electrons. The van der Waals surface area contributed by atoms with Crippen LogP contribution in [0, 0.1) is 0 Å². The molecule has 1 aromatic carbocycles. The van der Waals surface area contributed by atoms with E-state index in [0.717, 1.165) is 56.0 Å². The average molecular weight is 342 g/mol. The normalized spacial score (nSPS) is 24.2. The molecule has 4 rings (SSSR count). The van der Waals surface area contributed by atoms with Crippen LogP contribution in [-0.4, -0.2) is 54.6 Å². The van der Waals surface area contributed by atoms with E-state index < -0.39 is 0 Å². The second-order valence-corrected chi connectivity index (χ2v) is 6.90. The quantitative estimate of drug-likeness (QED) is 0.651. The van der Waals surface area contributed by atoms with Crippen LogP contribution in [-0.2, 0) is 0 Å². The van der Waals surface area contributed by atoms with Gasteiger partial charge in [-0.15, -0.1) is 0 Å². The van der Waals surface area contributed by atoms with E-state index in [-0.39, 0.29) is 5.75 Å². The van der Waals surface area contributed by atoms with Gasteiger partial charge in [-0.05, 0) is 44.0 Å². The molecular formula is C18H26N6O. The largest absolute Gasteiger partial charge is 0.507 e. The first kappa shape index (κ1) is 16.2. The van der Waals surface area contributed by atoms with Crippen molar-refractivity contribution in [1.82, 2.24) is 15.6 Å². The van der Waals surface area contributed by atoms with Gasteiger partial charge in [-0.25, -0.2) is 10.4 Å². The molecule has 0 radical (unpaired) electrons. The molecular weight excluding hydrogens is 316 g/mol. The lowest BCUT2D eigenvalue weighted by atomic mass is 10.0. The molecule has 0 amide bonds. The molecule has 1 unspecified atom stereocenters. The number of nitrogens with zero attached hydrogens (tertiary/aromatic N) is 3. The van der Waals surface area contributed by atoms with Crippen molar-refractivity contribution in [1.29, 1.82) is 0 Å². The fourth-order valence-corrected chi connectivity index (χ4v) is 3.74. The van der Waals surface area contributed by atoms with Crippen LogP contribution in [0.5, 0.6) is 5.75 Å². The van der Waals surface area contributed by atoms with Crippen molar-refractivity contribution < 1.29 is 5.11 Å². The predicted octanol–water partition coefficient (Wildman–Crippen LogP) is 0.830. The Morgan fingerprint density at radius 1 is 1.24 bits per heavy atom. The molecule has 3 heterocycles. The van der Waals surface area contributed by atoms with Crippen LogP contribution in [0.4, 0.5) is 5.69 Å². The Morgan fingerprint density at radius 3 is 2.92 bits per heavy atom. The van der Waals surface area contributed by atoms with Crippen LogP contribution >= 0.6 is 0 Å². The Kier molecular flexibility index (Phi) is 4.50. The Bertz CT molecular complexity index is 689. The highest BCUT2D eigenvalue weighted by molar-refractivity contribution is 5.91. The molecule has 3 aliphatic rings. The van der Waals surface area contributed by atoms with E-state index >= 15 is 0 Å². The van der Waals surface area contributed by atoms with Crippen molar-refractivity contribution in [2.75, 3.05) is 37.7 Å². The number of hydrogen-bond acceptors (Lipinski definition) is 7. The zero-order valence-corrected chi connectivity index (χ0v) is 14.4. The lowest BCUT2D eigenvalue weighted by Crippen LogP contribution is -2.47. The van der Waals surface area contributed by atoms with Crippen LogP contribution in [0.15, 0.2) is 29.4 Å². The molecule has 25 heavy (non-hydrogen) atoms. The number of hydrazine groups is 1. The van der Waals surface area contributed by atoms with Crippen molar-refractivity contribution in [3.8, 4) is 5.75 Å². The second-order valence-electron chi connectivity index (χ2n) is 6.90. The van der Waals surface area contributed by atoms with Gasteiger partial charge in [0, 0.05) is 37.4 Å². The van der Waals surface area contributed by atoms with E-state index in [0.29, 0.717) is 18.4 Å². The van der Waals surface area contributed by atoms with E-state index in [4.69, 9.17) is 5.73 Å². The summed E-state index contributed by atoms with van der Waals surface area (Å²) in [5.74, 6) is 0.821. The summed E-state index contributed by atoms with van der Waals surface area (Å²) in [6.07, 6.45) is 5.48. The Morgan fingerprint density at radius 2 is 2.16 bits per heavy atom. The fourth-order valence-electron chi connectivity index (χ4n) is 3.74. The SMILES string of the molecule is NC1=NC(c2cc(N3CCCN3)ccc2O)=CN(C2CCCNC2)C1. The molecule has 2 saturated heterocycles. The van der Waals surface area contributed by atoms with Gasteiger partial charge in [0.1, 0.15) is 11.6 Å². The molecule has 2 fully saturated rings. The minimum Gasteiger partial charge on any atom is -0.507 e. The first-order valence-electron chi connectivity index (χ1n) is 9.06. The first-order valence-corrected chi connectivity index (χ1v) is 9.06. The molecule has 5 N–H and O–H groups in total. The maximum absolute atomic E-state index is 10.4. The van der Waals surface area contributed by atoms with E-state index in [1.165, 1.54) is 6.42 Å². The average Bonchev–Trinajstić information content (AvgIpc) is 3.17. The molecule has 0 saturated carbocycles. The Hall–Kier alpha value is -2.25. The monoisotopic (exact) mass is 342 g/mol. The number of rotatable bonds is 3. The molecule has 0 aromatic heterocycles. The van der Waals surface area contributed by atoms with Gasteiger partial charge in [-0.2, -0.15) is 0 Å². The second kappa shape index (κ2) is 6.93. The van der Waals surface area contributed by atoms with Crippen molar-refractivity contribution >= 4 is 17.2 Å². The predicted molar refractivity (Wildman–Crippen MR) is 100 cm³/mol. The Balaban J connectivity index is 1.64. The molecule has 0 bridgehead atoms. The number of aromatic hydroxyl groups is 1. The van der Waals surface area contributed by atoms with E-state index in [1.54, 1.807) is 6.07 Å². The minimum atomic E-state index is 0.231. The smallest absolute Gasteiger partial charge is 0.125 e. The van der Waals surface area contributed by atoms with Crippen LogP contribution in [0.25, 0.3) is 5.70 Å². The standard InChI is InChI=1S/C18H26N6O/c19-18-12-23(14-3-1-6-20-10-14)11-16(22-18)15-9-13(4-5-17(15)25)24-8-2-7-21-24/h4-5,9,11,14,20-21,25H,1-3,6-8,10,12H2,(H2,19,22). The Labute approximate surface area is 148 Å². The highest BCUT2D eigenvalue weighted by atomic mass is 16.3. The lowest BCUT2D eigenvalue weighted by Gasteiger charge is -2.35.